The molecule has 0 N–H and O–H groups in total. The zero-order chi connectivity index (χ0) is 19.3. The standard InChI is InChI=1S/C22H21NO4S/c1-25-18-10-9-17(14-20(18)27-15-16-6-3-2-4-7-16)22-23(11-13-28-22)21(24)19-8-5-12-26-19/h2-10,12,14,22H,11,13,15H2,1H3. The molecule has 2 heterocycles. The van der Waals surface area contributed by atoms with Crippen LogP contribution in [0.3, 0.4) is 0 Å². The van der Waals surface area contributed by atoms with E-state index < -0.39 is 0 Å². The van der Waals surface area contributed by atoms with E-state index in [1.165, 1.54) is 6.26 Å². The average molecular weight is 395 g/mol. The molecule has 1 saturated heterocycles. The number of carbonyl (C=O) groups is 1. The van der Waals surface area contributed by atoms with Gasteiger partial charge in [-0.3, -0.25) is 4.79 Å². The Labute approximate surface area is 168 Å². The van der Waals surface area contributed by atoms with Crippen molar-refractivity contribution in [1.29, 1.82) is 0 Å². The smallest absolute Gasteiger partial charge is 0.290 e. The third kappa shape index (κ3) is 3.87. The molecule has 4 rings (SSSR count). The van der Waals surface area contributed by atoms with Gasteiger partial charge >= 0.3 is 0 Å². The molecule has 2 aromatic carbocycles. The lowest BCUT2D eigenvalue weighted by Gasteiger charge is -2.24. The number of carbonyl (C=O) groups excluding carboxylic acids is 1. The first-order valence-electron chi connectivity index (χ1n) is 9.07. The van der Waals surface area contributed by atoms with Crippen LogP contribution in [0.1, 0.15) is 27.1 Å². The minimum Gasteiger partial charge on any atom is -0.493 e. The van der Waals surface area contributed by atoms with Gasteiger partial charge in [0.15, 0.2) is 17.3 Å². The predicted octanol–water partition coefficient (Wildman–Crippen LogP) is 4.76. The van der Waals surface area contributed by atoms with Crippen molar-refractivity contribution in [2.24, 2.45) is 0 Å². The third-order valence-corrected chi connectivity index (χ3v) is 5.85. The molecular weight excluding hydrogens is 374 g/mol. The summed E-state index contributed by atoms with van der Waals surface area (Å²) >= 11 is 1.73. The summed E-state index contributed by atoms with van der Waals surface area (Å²) in [6, 6.07) is 19.3. The molecule has 1 unspecified atom stereocenters. The van der Waals surface area contributed by atoms with E-state index in [1.807, 2.05) is 53.4 Å². The fourth-order valence-corrected chi connectivity index (χ4v) is 4.44. The highest BCUT2D eigenvalue weighted by Gasteiger charge is 2.33. The summed E-state index contributed by atoms with van der Waals surface area (Å²) in [7, 11) is 1.63. The van der Waals surface area contributed by atoms with Crippen molar-refractivity contribution in [1.82, 2.24) is 4.90 Å². The summed E-state index contributed by atoms with van der Waals surface area (Å²) < 4.78 is 16.8. The van der Waals surface area contributed by atoms with Gasteiger partial charge in [0.05, 0.1) is 13.4 Å². The number of ether oxygens (including phenoxy) is 2. The molecule has 6 heteroatoms. The van der Waals surface area contributed by atoms with Gasteiger partial charge in [-0.2, -0.15) is 0 Å². The summed E-state index contributed by atoms with van der Waals surface area (Å²) in [5.74, 6) is 2.49. The van der Waals surface area contributed by atoms with Crippen LogP contribution >= 0.6 is 11.8 Å². The van der Waals surface area contributed by atoms with Crippen molar-refractivity contribution in [3.05, 3.63) is 83.8 Å². The summed E-state index contributed by atoms with van der Waals surface area (Å²) in [6.45, 7) is 1.13. The number of amides is 1. The number of methoxy groups -OCH3 is 1. The summed E-state index contributed by atoms with van der Waals surface area (Å²) in [5.41, 5.74) is 2.09. The van der Waals surface area contributed by atoms with Gasteiger partial charge in [0.1, 0.15) is 12.0 Å². The lowest BCUT2D eigenvalue weighted by Crippen LogP contribution is -2.30. The van der Waals surface area contributed by atoms with E-state index in [0.29, 0.717) is 30.4 Å². The van der Waals surface area contributed by atoms with E-state index in [9.17, 15) is 4.79 Å². The molecule has 3 aromatic rings. The van der Waals surface area contributed by atoms with Gasteiger partial charge in [-0.05, 0) is 35.4 Å². The minimum absolute atomic E-state index is 0.0809. The van der Waals surface area contributed by atoms with Crippen LogP contribution in [0.4, 0.5) is 0 Å². The molecule has 1 amide bonds. The molecule has 1 aromatic heterocycles. The highest BCUT2D eigenvalue weighted by molar-refractivity contribution is 7.99. The molecule has 1 aliphatic rings. The van der Waals surface area contributed by atoms with E-state index in [-0.39, 0.29) is 11.3 Å². The van der Waals surface area contributed by atoms with Crippen molar-refractivity contribution < 1.29 is 18.7 Å². The van der Waals surface area contributed by atoms with Gasteiger partial charge in [-0.25, -0.2) is 0 Å². The lowest BCUT2D eigenvalue weighted by molar-refractivity contribution is 0.0728. The third-order valence-electron chi connectivity index (χ3n) is 4.59. The van der Waals surface area contributed by atoms with Crippen LogP contribution in [0.5, 0.6) is 11.5 Å². The molecule has 1 fully saturated rings. The van der Waals surface area contributed by atoms with E-state index in [1.54, 1.807) is 31.0 Å². The largest absolute Gasteiger partial charge is 0.493 e. The van der Waals surface area contributed by atoms with Crippen LogP contribution in [-0.2, 0) is 6.61 Å². The number of thioether (sulfide) groups is 1. The Morgan fingerprint density at radius 3 is 2.75 bits per heavy atom. The lowest BCUT2D eigenvalue weighted by atomic mass is 10.1. The van der Waals surface area contributed by atoms with Gasteiger partial charge < -0.3 is 18.8 Å². The monoisotopic (exact) mass is 395 g/mol. The number of hydrogen-bond acceptors (Lipinski definition) is 5. The summed E-state index contributed by atoms with van der Waals surface area (Å²) in [6.07, 6.45) is 1.52. The quantitative estimate of drug-likeness (QED) is 0.603. The Bertz CT molecular complexity index is 927. The normalized spacial score (nSPS) is 16.2. The second-order valence-corrected chi connectivity index (χ2v) is 7.57. The van der Waals surface area contributed by atoms with Gasteiger partial charge in [0, 0.05) is 12.3 Å². The average Bonchev–Trinajstić information content (AvgIpc) is 3.44. The van der Waals surface area contributed by atoms with Crippen molar-refractivity contribution in [3.8, 4) is 11.5 Å². The van der Waals surface area contributed by atoms with E-state index in [2.05, 4.69) is 0 Å². The molecule has 28 heavy (non-hydrogen) atoms. The highest BCUT2D eigenvalue weighted by Crippen LogP contribution is 2.41. The molecule has 5 nitrogen and oxygen atoms in total. The number of nitrogens with zero attached hydrogens (tertiary/aromatic N) is 1. The van der Waals surface area contributed by atoms with Crippen LogP contribution in [0, 0.1) is 0 Å². The molecule has 1 atom stereocenters. The summed E-state index contributed by atoms with van der Waals surface area (Å²) in [5, 5.41) is -0.0809. The molecule has 0 aliphatic carbocycles. The second-order valence-electron chi connectivity index (χ2n) is 6.38. The Morgan fingerprint density at radius 2 is 2.00 bits per heavy atom. The van der Waals surface area contributed by atoms with Gasteiger partial charge in [-0.1, -0.05) is 36.4 Å². The van der Waals surface area contributed by atoms with E-state index >= 15 is 0 Å². The van der Waals surface area contributed by atoms with Crippen LogP contribution in [0.25, 0.3) is 0 Å². The molecule has 0 bridgehead atoms. The summed E-state index contributed by atoms with van der Waals surface area (Å²) in [4.78, 5) is 14.6. The van der Waals surface area contributed by atoms with Gasteiger partial charge in [0.2, 0.25) is 0 Å². The Hall–Kier alpha value is -2.86. The number of benzene rings is 2. The Kier molecular flexibility index (Phi) is 5.58. The first-order valence-corrected chi connectivity index (χ1v) is 10.1. The fourth-order valence-electron chi connectivity index (χ4n) is 3.19. The van der Waals surface area contributed by atoms with E-state index in [4.69, 9.17) is 13.9 Å². The fraction of sp³-hybridized carbons (Fsp3) is 0.227. The number of furan rings is 1. The minimum atomic E-state index is -0.0948. The van der Waals surface area contributed by atoms with Gasteiger partial charge in [0.25, 0.3) is 5.91 Å². The van der Waals surface area contributed by atoms with Crippen molar-refractivity contribution in [3.63, 3.8) is 0 Å². The zero-order valence-electron chi connectivity index (χ0n) is 15.5. The van der Waals surface area contributed by atoms with Crippen molar-refractivity contribution in [2.75, 3.05) is 19.4 Å². The molecule has 0 saturated carbocycles. The maximum absolute atomic E-state index is 12.8. The number of rotatable bonds is 6. The van der Waals surface area contributed by atoms with Crippen molar-refractivity contribution in [2.45, 2.75) is 12.0 Å². The maximum Gasteiger partial charge on any atom is 0.290 e. The predicted molar refractivity (Wildman–Crippen MR) is 109 cm³/mol. The number of hydrogen-bond donors (Lipinski definition) is 0. The van der Waals surface area contributed by atoms with Crippen LogP contribution in [0.15, 0.2) is 71.3 Å². The second kappa shape index (κ2) is 8.44. The molecule has 144 valence electrons. The van der Waals surface area contributed by atoms with Crippen LogP contribution in [-0.4, -0.2) is 30.2 Å². The van der Waals surface area contributed by atoms with Gasteiger partial charge in [-0.15, -0.1) is 11.8 Å². The highest BCUT2D eigenvalue weighted by atomic mass is 32.2. The first-order chi connectivity index (χ1) is 13.8. The SMILES string of the molecule is COc1ccc(C2SCCN2C(=O)c2ccco2)cc1OCc1ccccc1. The maximum atomic E-state index is 12.8. The Morgan fingerprint density at radius 1 is 1.14 bits per heavy atom. The van der Waals surface area contributed by atoms with Crippen LogP contribution in [0.2, 0.25) is 0 Å². The molecule has 0 radical (unpaired) electrons. The van der Waals surface area contributed by atoms with E-state index in [0.717, 1.165) is 16.9 Å². The first kappa shape index (κ1) is 18.5. The van der Waals surface area contributed by atoms with Crippen molar-refractivity contribution >= 4 is 17.7 Å². The van der Waals surface area contributed by atoms with Crippen LogP contribution < -0.4 is 9.47 Å². The zero-order valence-corrected chi connectivity index (χ0v) is 16.4. The topological polar surface area (TPSA) is 51.9 Å². The molecule has 1 aliphatic heterocycles. The molecular formula is C22H21NO4S. The Balaban J connectivity index is 1.56. The molecule has 0 spiro atoms.